The molecule has 164 valence electrons. The van der Waals surface area contributed by atoms with Crippen molar-refractivity contribution in [2.24, 2.45) is 0 Å². The third-order valence-electron chi connectivity index (χ3n) is 4.65. The standard InChI is InChI=1S/C18H45FO4Si4/c1-9-11-15-25(4,5)21-24(3)22-27(8,17-13-14-20-18-19)23-26(6,7)16-12-10-2/h24H,9-18H2,1-8H3. The van der Waals surface area contributed by atoms with Crippen LogP contribution in [0.2, 0.25) is 57.4 Å². The molecule has 0 heterocycles. The van der Waals surface area contributed by atoms with E-state index in [0.717, 1.165) is 18.5 Å². The van der Waals surface area contributed by atoms with Gasteiger partial charge in [-0.05, 0) is 63.8 Å². The lowest BCUT2D eigenvalue weighted by atomic mass is 10.4. The summed E-state index contributed by atoms with van der Waals surface area (Å²) >= 11 is 0. The van der Waals surface area contributed by atoms with E-state index in [-0.39, 0.29) is 0 Å². The molecule has 0 saturated carbocycles. The van der Waals surface area contributed by atoms with Crippen LogP contribution in [0.3, 0.4) is 0 Å². The Labute approximate surface area is 172 Å². The Morgan fingerprint density at radius 2 is 1.33 bits per heavy atom. The average molecular weight is 457 g/mol. The summed E-state index contributed by atoms with van der Waals surface area (Å²) in [5.74, 6) is 0. The van der Waals surface area contributed by atoms with Crippen molar-refractivity contribution in [2.75, 3.05) is 13.5 Å². The first-order valence-corrected chi connectivity index (χ1v) is 21.5. The molecule has 0 amide bonds. The van der Waals surface area contributed by atoms with Crippen molar-refractivity contribution in [3.8, 4) is 0 Å². The largest absolute Gasteiger partial charge is 0.439 e. The van der Waals surface area contributed by atoms with Crippen molar-refractivity contribution >= 4 is 34.5 Å². The molecular formula is C18H45FO4Si4. The fraction of sp³-hybridized carbons (Fsp3) is 1.00. The van der Waals surface area contributed by atoms with Crippen molar-refractivity contribution in [3.63, 3.8) is 0 Å². The second-order valence-electron chi connectivity index (χ2n) is 8.89. The minimum absolute atomic E-state index is 0.427. The molecule has 0 bridgehead atoms. The summed E-state index contributed by atoms with van der Waals surface area (Å²) in [5, 5.41) is 0. The SMILES string of the molecule is CCCC[Si](C)(C)O[SiH](C)O[Si](C)(CCCOCF)O[Si](C)(C)CCCC. The van der Waals surface area contributed by atoms with E-state index in [2.05, 4.69) is 53.1 Å². The average Bonchev–Trinajstić information content (AvgIpc) is 2.54. The summed E-state index contributed by atoms with van der Waals surface area (Å²) in [6, 6.07) is 3.18. The molecule has 0 spiro atoms. The Hall–Kier alpha value is 0.638. The molecular weight excluding hydrogens is 412 g/mol. The van der Waals surface area contributed by atoms with Crippen LogP contribution in [-0.2, 0) is 17.1 Å². The number of alkyl halides is 1. The van der Waals surface area contributed by atoms with E-state index in [1.165, 1.54) is 31.7 Å². The molecule has 0 aromatic carbocycles. The minimum Gasteiger partial charge on any atom is -0.439 e. The predicted octanol–water partition coefficient (Wildman–Crippen LogP) is 6.30. The molecule has 9 heteroatoms. The highest BCUT2D eigenvalue weighted by atomic mass is 28.5. The zero-order chi connectivity index (χ0) is 21.0. The Balaban J connectivity index is 4.94. The van der Waals surface area contributed by atoms with E-state index < -0.39 is 41.3 Å². The molecule has 0 aromatic heterocycles. The molecule has 0 aliphatic carbocycles. The number of halogens is 1. The normalized spacial score (nSPS) is 16.3. The molecule has 4 nitrogen and oxygen atoms in total. The Kier molecular flexibility index (Phi) is 14.1. The van der Waals surface area contributed by atoms with Crippen LogP contribution >= 0.6 is 0 Å². The topological polar surface area (TPSA) is 36.9 Å². The molecule has 0 rings (SSSR count). The van der Waals surface area contributed by atoms with Crippen LogP contribution in [0.5, 0.6) is 0 Å². The van der Waals surface area contributed by atoms with E-state index in [4.69, 9.17) is 17.1 Å². The molecule has 0 N–H and O–H groups in total. The van der Waals surface area contributed by atoms with E-state index >= 15 is 0 Å². The number of ether oxygens (including phenoxy) is 1. The zero-order valence-electron chi connectivity index (χ0n) is 19.2. The Bertz CT molecular complexity index is 388. The maximum absolute atomic E-state index is 12.2. The highest BCUT2D eigenvalue weighted by Gasteiger charge is 2.40. The number of hydrogen-bond acceptors (Lipinski definition) is 4. The van der Waals surface area contributed by atoms with E-state index in [9.17, 15) is 4.39 Å². The molecule has 0 aliphatic rings. The van der Waals surface area contributed by atoms with Gasteiger partial charge in [0, 0.05) is 6.61 Å². The summed E-state index contributed by atoms with van der Waals surface area (Å²) in [4.78, 5) is 0. The molecule has 0 radical (unpaired) electrons. The summed E-state index contributed by atoms with van der Waals surface area (Å²) in [7, 11) is -7.57. The van der Waals surface area contributed by atoms with Crippen LogP contribution in [0.15, 0.2) is 0 Å². The summed E-state index contributed by atoms with van der Waals surface area (Å²) in [6.45, 7) is 17.7. The maximum Gasteiger partial charge on any atom is 0.315 e. The zero-order valence-corrected chi connectivity index (χ0v) is 23.3. The van der Waals surface area contributed by atoms with Crippen molar-refractivity contribution in [3.05, 3.63) is 0 Å². The van der Waals surface area contributed by atoms with Crippen LogP contribution in [0.1, 0.15) is 46.0 Å². The first kappa shape index (κ1) is 27.6. The van der Waals surface area contributed by atoms with Crippen molar-refractivity contribution < 1.29 is 21.5 Å². The quantitative estimate of drug-likeness (QED) is 0.190. The molecule has 2 unspecified atom stereocenters. The van der Waals surface area contributed by atoms with Gasteiger partial charge in [0.1, 0.15) is 0 Å². The van der Waals surface area contributed by atoms with Gasteiger partial charge in [0.05, 0.1) is 0 Å². The molecule has 0 aromatic rings. The van der Waals surface area contributed by atoms with Gasteiger partial charge < -0.3 is 17.1 Å². The molecule has 0 saturated heterocycles. The third-order valence-corrected chi connectivity index (χ3v) is 20.2. The second kappa shape index (κ2) is 13.8. The maximum atomic E-state index is 12.2. The van der Waals surface area contributed by atoms with Gasteiger partial charge in [0.25, 0.3) is 9.28 Å². The van der Waals surface area contributed by atoms with E-state index in [1.54, 1.807) is 0 Å². The fourth-order valence-electron chi connectivity index (χ4n) is 3.41. The van der Waals surface area contributed by atoms with E-state index in [1.807, 2.05) is 0 Å². The minimum atomic E-state index is -2.36. The van der Waals surface area contributed by atoms with Gasteiger partial charge >= 0.3 is 8.56 Å². The van der Waals surface area contributed by atoms with Crippen LogP contribution in [-0.4, -0.2) is 47.9 Å². The summed E-state index contributed by atoms with van der Waals surface area (Å²) in [5.41, 5.74) is 0. The monoisotopic (exact) mass is 456 g/mol. The van der Waals surface area contributed by atoms with Gasteiger partial charge in [-0.25, -0.2) is 4.39 Å². The van der Waals surface area contributed by atoms with Crippen LogP contribution < -0.4 is 0 Å². The van der Waals surface area contributed by atoms with Crippen LogP contribution in [0.4, 0.5) is 4.39 Å². The van der Waals surface area contributed by atoms with Crippen LogP contribution in [0, 0.1) is 0 Å². The van der Waals surface area contributed by atoms with Gasteiger partial charge in [-0.15, -0.1) is 0 Å². The van der Waals surface area contributed by atoms with Gasteiger partial charge in [-0.1, -0.05) is 39.5 Å². The molecule has 27 heavy (non-hydrogen) atoms. The Morgan fingerprint density at radius 3 is 1.85 bits per heavy atom. The predicted molar refractivity (Wildman–Crippen MR) is 124 cm³/mol. The van der Waals surface area contributed by atoms with Crippen molar-refractivity contribution in [1.29, 1.82) is 0 Å². The number of rotatable bonds is 17. The lowest BCUT2D eigenvalue weighted by molar-refractivity contribution is 0.0576. The van der Waals surface area contributed by atoms with Crippen molar-refractivity contribution in [2.45, 2.75) is 103 Å². The summed E-state index contributed by atoms with van der Waals surface area (Å²) in [6.07, 6.45) is 5.60. The Morgan fingerprint density at radius 1 is 0.778 bits per heavy atom. The smallest absolute Gasteiger partial charge is 0.315 e. The lowest BCUT2D eigenvalue weighted by Crippen LogP contribution is -2.53. The van der Waals surface area contributed by atoms with Gasteiger partial charge in [0.15, 0.2) is 23.5 Å². The third kappa shape index (κ3) is 14.3. The van der Waals surface area contributed by atoms with E-state index in [0.29, 0.717) is 6.61 Å². The first-order chi connectivity index (χ1) is 12.5. The van der Waals surface area contributed by atoms with Crippen molar-refractivity contribution in [1.82, 2.24) is 0 Å². The highest BCUT2D eigenvalue weighted by Crippen LogP contribution is 2.27. The van der Waals surface area contributed by atoms with Gasteiger partial charge in [-0.3, -0.25) is 0 Å². The lowest BCUT2D eigenvalue weighted by Gasteiger charge is -2.39. The fourth-order valence-corrected chi connectivity index (χ4v) is 20.7. The van der Waals surface area contributed by atoms with Crippen LogP contribution in [0.25, 0.3) is 0 Å². The molecule has 0 fully saturated rings. The van der Waals surface area contributed by atoms with Gasteiger partial charge in [-0.2, -0.15) is 0 Å². The highest BCUT2D eigenvalue weighted by molar-refractivity contribution is 6.86. The number of unbranched alkanes of at least 4 members (excludes halogenated alkanes) is 2. The number of hydrogen-bond donors (Lipinski definition) is 0. The molecule has 2 atom stereocenters. The van der Waals surface area contributed by atoms with Gasteiger partial charge in [0.2, 0.25) is 0 Å². The first-order valence-electron chi connectivity index (χ1n) is 10.7. The second-order valence-corrected chi connectivity index (χ2v) is 23.5. The summed E-state index contributed by atoms with van der Waals surface area (Å²) < 4.78 is 37.0. The molecule has 0 aliphatic heterocycles.